The lowest BCUT2D eigenvalue weighted by molar-refractivity contribution is -0.384. The quantitative estimate of drug-likeness (QED) is 0.680. The van der Waals surface area contributed by atoms with E-state index >= 15 is 0 Å². The van der Waals surface area contributed by atoms with Crippen molar-refractivity contribution in [3.63, 3.8) is 0 Å². The Morgan fingerprint density at radius 2 is 1.89 bits per heavy atom. The van der Waals surface area contributed by atoms with E-state index in [-0.39, 0.29) is 15.8 Å². The molecule has 0 atom stereocenters. The molecule has 0 bridgehead atoms. The van der Waals surface area contributed by atoms with Gasteiger partial charge in [0.25, 0.3) is 5.69 Å². The summed E-state index contributed by atoms with van der Waals surface area (Å²) in [6.45, 7) is 0.315. The van der Waals surface area contributed by atoms with Crippen molar-refractivity contribution in [3.05, 3.63) is 68.4 Å². The summed E-state index contributed by atoms with van der Waals surface area (Å²) in [5.41, 5.74) is 0.524. The van der Waals surface area contributed by atoms with Gasteiger partial charge in [0.05, 0.1) is 9.40 Å². The van der Waals surface area contributed by atoms with E-state index in [1.165, 1.54) is 12.1 Å². The lowest BCUT2D eigenvalue weighted by Crippen LogP contribution is -2.05. The number of nitrogens with one attached hydrogen (secondary N) is 1. The summed E-state index contributed by atoms with van der Waals surface area (Å²) in [5, 5.41) is 13.7. The number of benzene rings is 2. The standard InChI is InChI=1S/C13H10BrFN2O2/c14-10-6-7-11(17(18)19)13(12(10)15)16-8-9-4-2-1-3-5-9/h1-7,16H,8H2. The van der Waals surface area contributed by atoms with Crippen molar-refractivity contribution in [2.45, 2.75) is 6.54 Å². The van der Waals surface area contributed by atoms with Crippen molar-refractivity contribution in [3.8, 4) is 0 Å². The van der Waals surface area contributed by atoms with Crippen LogP contribution in [-0.2, 0) is 6.54 Å². The second-order valence-corrected chi connectivity index (χ2v) is 4.71. The Morgan fingerprint density at radius 3 is 2.53 bits per heavy atom. The van der Waals surface area contributed by atoms with Crippen molar-refractivity contribution in [2.24, 2.45) is 0 Å². The molecule has 0 amide bonds. The van der Waals surface area contributed by atoms with Gasteiger partial charge < -0.3 is 5.32 Å². The van der Waals surface area contributed by atoms with Crippen LogP contribution >= 0.6 is 15.9 Å². The monoisotopic (exact) mass is 324 g/mol. The first-order chi connectivity index (χ1) is 9.09. The minimum Gasteiger partial charge on any atom is -0.373 e. The smallest absolute Gasteiger partial charge is 0.295 e. The largest absolute Gasteiger partial charge is 0.373 e. The highest BCUT2D eigenvalue weighted by molar-refractivity contribution is 9.10. The van der Waals surface area contributed by atoms with Crippen LogP contribution < -0.4 is 5.32 Å². The van der Waals surface area contributed by atoms with Crippen LogP contribution in [0.2, 0.25) is 0 Å². The molecular weight excluding hydrogens is 315 g/mol. The molecule has 0 spiro atoms. The van der Waals surface area contributed by atoms with Gasteiger partial charge >= 0.3 is 0 Å². The van der Waals surface area contributed by atoms with Gasteiger partial charge in [0.1, 0.15) is 0 Å². The highest BCUT2D eigenvalue weighted by atomic mass is 79.9. The summed E-state index contributed by atoms with van der Waals surface area (Å²) >= 11 is 3.02. The maximum absolute atomic E-state index is 13.9. The summed E-state index contributed by atoms with van der Waals surface area (Å²) in [6, 6.07) is 11.9. The third kappa shape index (κ3) is 3.08. The third-order valence-electron chi connectivity index (χ3n) is 2.58. The molecule has 2 aromatic rings. The molecule has 0 aliphatic carbocycles. The van der Waals surface area contributed by atoms with Crippen molar-refractivity contribution in [1.29, 1.82) is 0 Å². The number of hydrogen-bond donors (Lipinski definition) is 1. The van der Waals surface area contributed by atoms with Gasteiger partial charge in [-0.3, -0.25) is 10.1 Å². The number of nitro groups is 1. The highest BCUT2D eigenvalue weighted by Crippen LogP contribution is 2.32. The van der Waals surface area contributed by atoms with E-state index in [2.05, 4.69) is 21.2 Å². The zero-order valence-corrected chi connectivity index (χ0v) is 11.4. The Bertz CT molecular complexity index is 605. The fourth-order valence-corrected chi connectivity index (χ4v) is 1.98. The summed E-state index contributed by atoms with van der Waals surface area (Å²) in [7, 11) is 0. The fourth-order valence-electron chi connectivity index (χ4n) is 1.65. The first-order valence-electron chi connectivity index (χ1n) is 5.50. The maximum atomic E-state index is 13.9. The number of hydrogen-bond acceptors (Lipinski definition) is 3. The molecule has 0 fully saturated rings. The number of nitrogens with zero attached hydrogens (tertiary/aromatic N) is 1. The molecule has 6 heteroatoms. The molecule has 0 saturated carbocycles. The average Bonchev–Trinajstić information content (AvgIpc) is 2.41. The molecule has 0 saturated heterocycles. The van der Waals surface area contributed by atoms with Crippen molar-refractivity contribution in [2.75, 3.05) is 5.32 Å². The maximum Gasteiger partial charge on any atom is 0.295 e. The normalized spacial score (nSPS) is 10.2. The van der Waals surface area contributed by atoms with Gasteiger partial charge in [0, 0.05) is 12.6 Å². The average molecular weight is 325 g/mol. The summed E-state index contributed by atoms with van der Waals surface area (Å²) in [4.78, 5) is 10.3. The molecule has 1 N–H and O–H groups in total. The second kappa shape index (κ2) is 5.79. The van der Waals surface area contributed by atoms with Crippen LogP contribution in [0, 0.1) is 15.9 Å². The van der Waals surface area contributed by atoms with Crippen molar-refractivity contribution in [1.82, 2.24) is 0 Å². The van der Waals surface area contributed by atoms with E-state index in [1.807, 2.05) is 30.3 Å². The van der Waals surface area contributed by atoms with E-state index in [0.717, 1.165) is 5.56 Å². The Labute approximate surface area is 117 Å². The summed E-state index contributed by atoms with van der Waals surface area (Å²) < 4.78 is 14.1. The van der Waals surface area contributed by atoms with Crippen LogP contribution in [0.1, 0.15) is 5.56 Å². The number of nitro benzene ring substituents is 1. The van der Waals surface area contributed by atoms with Crippen LogP contribution in [0.25, 0.3) is 0 Å². The lowest BCUT2D eigenvalue weighted by Gasteiger charge is -2.09. The molecule has 19 heavy (non-hydrogen) atoms. The van der Waals surface area contributed by atoms with E-state index in [1.54, 1.807) is 0 Å². The van der Waals surface area contributed by atoms with Crippen LogP contribution in [0.4, 0.5) is 15.8 Å². The predicted octanol–water partition coefficient (Wildman–Crippen LogP) is 4.11. The third-order valence-corrected chi connectivity index (χ3v) is 3.19. The number of rotatable bonds is 4. The molecule has 0 aliphatic rings. The molecule has 2 rings (SSSR count). The Hall–Kier alpha value is -1.95. The fraction of sp³-hybridized carbons (Fsp3) is 0.0769. The van der Waals surface area contributed by atoms with E-state index in [4.69, 9.17) is 0 Å². The molecule has 2 aromatic carbocycles. The molecule has 4 nitrogen and oxygen atoms in total. The highest BCUT2D eigenvalue weighted by Gasteiger charge is 2.20. The zero-order chi connectivity index (χ0) is 13.8. The van der Waals surface area contributed by atoms with Gasteiger partial charge in [-0.2, -0.15) is 0 Å². The minimum atomic E-state index is -0.662. The van der Waals surface area contributed by atoms with Gasteiger partial charge in [-0.1, -0.05) is 30.3 Å². The van der Waals surface area contributed by atoms with Gasteiger partial charge in [-0.05, 0) is 27.6 Å². The van der Waals surface area contributed by atoms with Gasteiger partial charge in [-0.25, -0.2) is 4.39 Å². The molecule has 0 aliphatic heterocycles. The van der Waals surface area contributed by atoms with Crippen molar-refractivity contribution >= 4 is 27.3 Å². The summed E-state index contributed by atoms with van der Waals surface area (Å²) in [5.74, 6) is -0.662. The van der Waals surface area contributed by atoms with Crippen LogP contribution in [0.15, 0.2) is 46.9 Å². The summed E-state index contributed by atoms with van der Waals surface area (Å²) in [6.07, 6.45) is 0. The Balaban J connectivity index is 2.28. The molecular formula is C13H10BrFN2O2. The molecule has 0 aromatic heterocycles. The molecule has 0 radical (unpaired) electrons. The van der Waals surface area contributed by atoms with Crippen LogP contribution in [-0.4, -0.2) is 4.92 Å². The van der Waals surface area contributed by atoms with E-state index in [9.17, 15) is 14.5 Å². The Kier molecular flexibility index (Phi) is 4.11. The lowest BCUT2D eigenvalue weighted by atomic mass is 10.2. The number of anilines is 1. The van der Waals surface area contributed by atoms with E-state index in [0.29, 0.717) is 6.54 Å². The van der Waals surface area contributed by atoms with Crippen LogP contribution in [0.5, 0.6) is 0 Å². The Morgan fingerprint density at radius 1 is 1.21 bits per heavy atom. The van der Waals surface area contributed by atoms with Gasteiger partial charge in [0.2, 0.25) is 0 Å². The molecule has 98 valence electrons. The van der Waals surface area contributed by atoms with Crippen molar-refractivity contribution < 1.29 is 9.31 Å². The van der Waals surface area contributed by atoms with E-state index < -0.39 is 10.7 Å². The first-order valence-corrected chi connectivity index (χ1v) is 6.29. The second-order valence-electron chi connectivity index (χ2n) is 3.85. The first kappa shape index (κ1) is 13.5. The predicted molar refractivity (Wildman–Crippen MR) is 74.5 cm³/mol. The SMILES string of the molecule is O=[N+]([O-])c1ccc(Br)c(F)c1NCc1ccccc1. The van der Waals surface area contributed by atoms with Crippen LogP contribution in [0.3, 0.4) is 0 Å². The molecule has 0 heterocycles. The van der Waals surface area contributed by atoms with Gasteiger partial charge in [-0.15, -0.1) is 0 Å². The topological polar surface area (TPSA) is 55.2 Å². The number of halogens is 2. The minimum absolute atomic E-state index is 0.108. The molecule has 0 unspecified atom stereocenters. The van der Waals surface area contributed by atoms with Gasteiger partial charge in [0.15, 0.2) is 11.5 Å². The zero-order valence-electron chi connectivity index (χ0n) is 9.77.